The Morgan fingerprint density at radius 3 is 2.20 bits per heavy atom. The lowest BCUT2D eigenvalue weighted by molar-refractivity contribution is -0.142. The van der Waals surface area contributed by atoms with E-state index in [4.69, 9.17) is 5.73 Å². The van der Waals surface area contributed by atoms with Crippen LogP contribution in [0.4, 0.5) is 0 Å². The zero-order valence-electron chi connectivity index (χ0n) is 9.43. The van der Waals surface area contributed by atoms with Crippen LogP contribution in [0.5, 0.6) is 0 Å². The lowest BCUT2D eigenvalue weighted by Gasteiger charge is -2.37. The lowest BCUT2D eigenvalue weighted by atomic mass is 9.73. The Labute approximate surface area is 92.0 Å². The molecule has 2 aliphatic rings. The van der Waals surface area contributed by atoms with Crippen molar-refractivity contribution in [1.82, 2.24) is 10.6 Å². The van der Waals surface area contributed by atoms with Crippen LogP contribution in [0.3, 0.4) is 0 Å². The van der Waals surface area contributed by atoms with Crippen LogP contribution in [0.15, 0.2) is 0 Å². The number of hydrogen-bond donors (Lipinski definition) is 0. The Hall–Kier alpha value is -0.570. The molecule has 1 amide bonds. The smallest absolute Gasteiger partial charge is 0.230 e. The van der Waals surface area contributed by atoms with E-state index in [0.29, 0.717) is 6.54 Å². The molecule has 1 aliphatic heterocycles. The van der Waals surface area contributed by atoms with Gasteiger partial charge in [-0.05, 0) is 25.7 Å². The molecule has 1 aliphatic carbocycles. The van der Waals surface area contributed by atoms with Gasteiger partial charge in [-0.3, -0.25) is 10.5 Å². The normalized spacial score (nSPS) is 25.5. The second-order valence-electron chi connectivity index (χ2n) is 5.02. The van der Waals surface area contributed by atoms with Gasteiger partial charge in [-0.15, -0.1) is 0 Å². The molecule has 0 spiro atoms. The van der Waals surface area contributed by atoms with Gasteiger partial charge in [0.25, 0.3) is 0 Å². The molecule has 85 valence electrons. The first-order chi connectivity index (χ1) is 7.28. The van der Waals surface area contributed by atoms with Gasteiger partial charge in [0.15, 0.2) is 0 Å². The molecule has 2 rings (SSSR count). The minimum Gasteiger partial charge on any atom is -0.342 e. The third-order valence-corrected chi connectivity index (χ3v) is 4.00. The van der Waals surface area contributed by atoms with E-state index >= 15 is 0 Å². The Balaban J connectivity index is 2.06. The summed E-state index contributed by atoms with van der Waals surface area (Å²) in [5, 5.41) is 0. The van der Waals surface area contributed by atoms with E-state index in [1.165, 1.54) is 6.42 Å². The molecule has 0 aromatic carbocycles. The average Bonchev–Trinajstić information content (AvgIpc) is 2.82. The summed E-state index contributed by atoms with van der Waals surface area (Å²) >= 11 is 0. The summed E-state index contributed by atoms with van der Waals surface area (Å²) in [6, 6.07) is 0. The standard InChI is InChI=1S/C12H21N2O/c13-10-12(6-2-1-3-7-12)11(15)14-8-4-5-9-14/h13H,1-10H2. The second-order valence-corrected chi connectivity index (χ2v) is 5.02. The van der Waals surface area contributed by atoms with Crippen LogP contribution < -0.4 is 5.73 Å². The van der Waals surface area contributed by atoms with Crippen molar-refractivity contribution in [2.45, 2.75) is 44.9 Å². The van der Waals surface area contributed by atoms with E-state index in [-0.39, 0.29) is 11.3 Å². The fourth-order valence-electron chi connectivity index (χ4n) is 2.95. The highest BCUT2D eigenvalue weighted by Crippen LogP contribution is 2.38. The van der Waals surface area contributed by atoms with Gasteiger partial charge in [0.2, 0.25) is 5.91 Å². The minimum absolute atomic E-state index is 0.287. The molecular weight excluding hydrogens is 188 g/mol. The second kappa shape index (κ2) is 4.52. The summed E-state index contributed by atoms with van der Waals surface area (Å²) in [5.41, 5.74) is 7.39. The molecule has 0 aromatic heterocycles. The minimum atomic E-state index is -0.303. The summed E-state index contributed by atoms with van der Waals surface area (Å²) in [6.07, 6.45) is 7.73. The highest BCUT2D eigenvalue weighted by molar-refractivity contribution is 5.83. The van der Waals surface area contributed by atoms with Crippen LogP contribution in [-0.2, 0) is 4.79 Å². The summed E-state index contributed by atoms with van der Waals surface area (Å²) in [7, 11) is 0. The van der Waals surface area contributed by atoms with Crippen molar-refractivity contribution in [2.24, 2.45) is 5.41 Å². The van der Waals surface area contributed by atoms with E-state index in [2.05, 4.69) is 0 Å². The number of carbonyl (C=O) groups excluding carboxylic acids is 1. The third kappa shape index (κ3) is 2.03. The molecule has 3 heteroatoms. The van der Waals surface area contributed by atoms with Crippen LogP contribution in [0.1, 0.15) is 44.9 Å². The molecule has 15 heavy (non-hydrogen) atoms. The highest BCUT2D eigenvalue weighted by atomic mass is 16.2. The number of carbonyl (C=O) groups is 1. The zero-order valence-corrected chi connectivity index (χ0v) is 9.43. The average molecular weight is 209 g/mol. The summed E-state index contributed by atoms with van der Waals surface area (Å²) in [4.78, 5) is 14.4. The molecule has 1 N–H and O–H groups in total. The summed E-state index contributed by atoms with van der Waals surface area (Å²) < 4.78 is 0. The lowest BCUT2D eigenvalue weighted by Crippen LogP contribution is -2.46. The van der Waals surface area contributed by atoms with Crippen LogP contribution in [-0.4, -0.2) is 30.4 Å². The zero-order chi connectivity index (χ0) is 10.7. The number of nitrogens with zero attached hydrogens (tertiary/aromatic N) is 1. The fourth-order valence-corrected chi connectivity index (χ4v) is 2.95. The Morgan fingerprint density at radius 1 is 1.07 bits per heavy atom. The predicted molar refractivity (Wildman–Crippen MR) is 59.3 cm³/mol. The first kappa shape index (κ1) is 10.9. The van der Waals surface area contributed by atoms with E-state index in [9.17, 15) is 4.79 Å². The molecule has 1 saturated heterocycles. The van der Waals surface area contributed by atoms with Gasteiger partial charge in [-0.25, -0.2) is 0 Å². The van der Waals surface area contributed by atoms with Crippen molar-refractivity contribution in [3.8, 4) is 0 Å². The van der Waals surface area contributed by atoms with Crippen LogP contribution in [0.2, 0.25) is 0 Å². The number of nitrogens with one attached hydrogen (secondary N) is 1. The quantitative estimate of drug-likeness (QED) is 0.684. The molecule has 1 saturated carbocycles. The van der Waals surface area contributed by atoms with E-state index in [0.717, 1.165) is 51.6 Å². The number of amides is 1. The van der Waals surface area contributed by atoms with Crippen molar-refractivity contribution in [3.63, 3.8) is 0 Å². The largest absolute Gasteiger partial charge is 0.342 e. The Bertz CT molecular complexity index is 228. The SMILES string of the molecule is [NH]CC1(C(=O)N2CCCC2)CCCCC1. The summed E-state index contributed by atoms with van der Waals surface area (Å²) in [6.45, 7) is 2.16. The van der Waals surface area contributed by atoms with Gasteiger partial charge in [0, 0.05) is 19.6 Å². The molecular formula is C12H21N2O. The number of hydrogen-bond acceptors (Lipinski definition) is 1. The summed E-state index contributed by atoms with van der Waals surface area (Å²) in [5.74, 6) is 0.287. The van der Waals surface area contributed by atoms with Gasteiger partial charge >= 0.3 is 0 Å². The molecule has 1 radical (unpaired) electrons. The maximum Gasteiger partial charge on any atom is 0.230 e. The van der Waals surface area contributed by atoms with Gasteiger partial charge in [-0.1, -0.05) is 19.3 Å². The van der Waals surface area contributed by atoms with E-state index in [1.54, 1.807) is 0 Å². The molecule has 0 bridgehead atoms. The first-order valence-corrected chi connectivity index (χ1v) is 6.22. The molecule has 3 nitrogen and oxygen atoms in total. The monoisotopic (exact) mass is 209 g/mol. The maximum absolute atomic E-state index is 12.4. The highest BCUT2D eigenvalue weighted by Gasteiger charge is 2.41. The molecule has 0 aromatic rings. The molecule has 2 fully saturated rings. The van der Waals surface area contributed by atoms with Crippen molar-refractivity contribution in [3.05, 3.63) is 0 Å². The van der Waals surface area contributed by atoms with Gasteiger partial charge < -0.3 is 4.90 Å². The maximum atomic E-state index is 12.4. The van der Waals surface area contributed by atoms with Crippen molar-refractivity contribution in [2.75, 3.05) is 19.6 Å². The van der Waals surface area contributed by atoms with Crippen molar-refractivity contribution < 1.29 is 4.79 Å². The number of rotatable bonds is 2. The van der Waals surface area contributed by atoms with Crippen LogP contribution in [0, 0.1) is 5.41 Å². The third-order valence-electron chi connectivity index (χ3n) is 4.00. The predicted octanol–water partition coefficient (Wildman–Crippen LogP) is 1.84. The topological polar surface area (TPSA) is 44.1 Å². The Morgan fingerprint density at radius 2 is 1.67 bits per heavy atom. The van der Waals surface area contributed by atoms with Crippen LogP contribution in [0.25, 0.3) is 0 Å². The van der Waals surface area contributed by atoms with Gasteiger partial charge in [0.05, 0.1) is 5.41 Å². The first-order valence-electron chi connectivity index (χ1n) is 6.22. The van der Waals surface area contributed by atoms with E-state index in [1.807, 2.05) is 4.90 Å². The Kier molecular flexibility index (Phi) is 3.29. The van der Waals surface area contributed by atoms with E-state index < -0.39 is 0 Å². The fraction of sp³-hybridized carbons (Fsp3) is 0.917. The molecule has 1 heterocycles. The molecule has 0 unspecified atom stereocenters. The van der Waals surface area contributed by atoms with Crippen molar-refractivity contribution in [1.29, 1.82) is 0 Å². The van der Waals surface area contributed by atoms with Gasteiger partial charge in [-0.2, -0.15) is 0 Å². The number of likely N-dealkylation sites (tertiary alicyclic amines) is 1. The molecule has 0 atom stereocenters. The van der Waals surface area contributed by atoms with Gasteiger partial charge in [0.1, 0.15) is 0 Å². The van der Waals surface area contributed by atoms with Crippen molar-refractivity contribution >= 4 is 5.91 Å². The van der Waals surface area contributed by atoms with Crippen LogP contribution >= 0.6 is 0 Å².